The maximum absolute atomic E-state index is 11.8. The van der Waals surface area contributed by atoms with Crippen molar-refractivity contribution in [2.75, 3.05) is 54.3 Å². The van der Waals surface area contributed by atoms with Gasteiger partial charge in [0.1, 0.15) is 11.6 Å². The van der Waals surface area contributed by atoms with Gasteiger partial charge in [-0.3, -0.25) is 14.1 Å². The molecule has 2 aromatic heterocycles. The molecule has 4 aromatic rings. The minimum atomic E-state index is -0.760. The van der Waals surface area contributed by atoms with Crippen LogP contribution in [0.1, 0.15) is 38.4 Å². The number of hydrogen-bond donors (Lipinski definition) is 3. The summed E-state index contributed by atoms with van der Waals surface area (Å²) in [5.74, 6) is 5.91. The van der Waals surface area contributed by atoms with Gasteiger partial charge in [0.25, 0.3) is 0 Å². The summed E-state index contributed by atoms with van der Waals surface area (Å²) in [7, 11) is 2.48. The maximum atomic E-state index is 11.8. The summed E-state index contributed by atoms with van der Waals surface area (Å²) in [6.45, 7) is 5.49. The fourth-order valence-electron chi connectivity index (χ4n) is 4.49. The number of hydrogen-bond acceptors (Lipinski definition) is 9. The zero-order valence-corrected chi connectivity index (χ0v) is 25.2. The molecule has 42 heavy (non-hydrogen) atoms. The molecular formula is C30H37N7O4S. The van der Waals surface area contributed by atoms with Crippen LogP contribution in [0.15, 0.2) is 48.5 Å². The number of amides is 1. The Morgan fingerprint density at radius 3 is 2.36 bits per heavy atom. The number of para-hydroxylation sites is 1. The van der Waals surface area contributed by atoms with E-state index in [2.05, 4.69) is 39.6 Å². The lowest BCUT2D eigenvalue weighted by atomic mass is 10.2. The molecule has 1 aliphatic carbocycles. The molecule has 6 rings (SSSR count). The number of ether oxygens (including phenoxy) is 2. The van der Waals surface area contributed by atoms with Gasteiger partial charge in [0, 0.05) is 58.3 Å². The molecule has 3 N–H and O–H groups in total. The van der Waals surface area contributed by atoms with Gasteiger partial charge < -0.3 is 25.0 Å². The molecular weight excluding hydrogens is 554 g/mol. The number of nitrogens with one attached hydrogen (secondary N) is 3. The normalized spacial score (nSPS) is 15.2. The van der Waals surface area contributed by atoms with E-state index in [1.807, 2.05) is 48.5 Å². The van der Waals surface area contributed by atoms with Crippen LogP contribution in [0.2, 0.25) is 0 Å². The van der Waals surface area contributed by atoms with Gasteiger partial charge in [-0.2, -0.15) is 5.10 Å². The van der Waals surface area contributed by atoms with E-state index in [-0.39, 0.29) is 17.7 Å². The maximum Gasteiger partial charge on any atom is 0.227 e. The summed E-state index contributed by atoms with van der Waals surface area (Å²) in [6, 6.07) is 15.3. The predicted molar refractivity (Wildman–Crippen MR) is 166 cm³/mol. The standard InChI is InChI=1S/C19H24N6O2S.C11H13NO2/c1-12(2)16-20-18(21-17-13-6-4-5-7-14(13)23-24-17)15(27-3)19(22-16)25-8-10-28(26)11-9-25;1-14-10-6-4-9(5-7-10)12-11(13)8-2-3-8/h4-7,12H,8-11H2,1-3H3,(H2,20,21,22,23,24);4-8H,2-3H2,1H3,(H,12,13). The molecule has 1 saturated heterocycles. The lowest BCUT2D eigenvalue weighted by Crippen LogP contribution is -2.38. The Balaban J connectivity index is 0.000000211. The van der Waals surface area contributed by atoms with Gasteiger partial charge >= 0.3 is 0 Å². The highest BCUT2D eigenvalue weighted by atomic mass is 32.2. The van der Waals surface area contributed by atoms with Crippen molar-refractivity contribution in [3.8, 4) is 11.5 Å². The van der Waals surface area contributed by atoms with E-state index in [0.29, 0.717) is 42.0 Å². The molecule has 0 atom stereocenters. The molecule has 0 bridgehead atoms. The van der Waals surface area contributed by atoms with Gasteiger partial charge in [-0.1, -0.05) is 26.0 Å². The second-order valence-corrected chi connectivity index (χ2v) is 12.2. The Bertz CT molecular complexity index is 1540. The minimum absolute atomic E-state index is 0.134. The second kappa shape index (κ2) is 13.2. The van der Waals surface area contributed by atoms with Crippen LogP contribution in [0.5, 0.6) is 11.5 Å². The molecule has 3 heterocycles. The zero-order chi connectivity index (χ0) is 29.6. The SMILES string of the molecule is COc1c(Nc2n[nH]c3ccccc23)nc(C(C)C)nc1N1CCS(=O)CC1.COc1ccc(NC(=O)C2CC2)cc1. The third-order valence-electron chi connectivity index (χ3n) is 7.08. The van der Waals surface area contributed by atoms with Crippen molar-refractivity contribution in [1.29, 1.82) is 0 Å². The summed E-state index contributed by atoms with van der Waals surface area (Å²) < 4.78 is 22.5. The molecule has 11 nitrogen and oxygen atoms in total. The summed E-state index contributed by atoms with van der Waals surface area (Å²) in [6.07, 6.45) is 2.06. The van der Waals surface area contributed by atoms with Gasteiger partial charge in [0.15, 0.2) is 17.5 Å². The first-order valence-electron chi connectivity index (χ1n) is 14.1. The molecule has 0 spiro atoms. The van der Waals surface area contributed by atoms with Crippen LogP contribution < -0.4 is 25.0 Å². The van der Waals surface area contributed by atoms with E-state index in [0.717, 1.165) is 46.8 Å². The third-order valence-corrected chi connectivity index (χ3v) is 8.35. The summed E-state index contributed by atoms with van der Waals surface area (Å²) in [5.41, 5.74) is 1.78. The first-order chi connectivity index (χ1) is 20.4. The van der Waals surface area contributed by atoms with E-state index >= 15 is 0 Å². The van der Waals surface area contributed by atoms with Crippen molar-refractivity contribution in [3.63, 3.8) is 0 Å². The predicted octanol–water partition coefficient (Wildman–Crippen LogP) is 4.84. The smallest absolute Gasteiger partial charge is 0.227 e. The van der Waals surface area contributed by atoms with E-state index in [4.69, 9.17) is 19.4 Å². The van der Waals surface area contributed by atoms with Crippen LogP contribution in [0.25, 0.3) is 10.9 Å². The number of benzene rings is 2. The molecule has 2 aromatic carbocycles. The number of carbonyl (C=O) groups excluding carboxylic acids is 1. The number of anilines is 4. The number of methoxy groups -OCH3 is 2. The zero-order valence-electron chi connectivity index (χ0n) is 24.3. The van der Waals surface area contributed by atoms with Crippen molar-refractivity contribution in [1.82, 2.24) is 20.2 Å². The van der Waals surface area contributed by atoms with E-state index in [1.165, 1.54) is 0 Å². The van der Waals surface area contributed by atoms with Crippen LogP contribution >= 0.6 is 0 Å². The highest BCUT2D eigenvalue weighted by Gasteiger charge is 2.29. The molecule has 2 fully saturated rings. The van der Waals surface area contributed by atoms with Gasteiger partial charge in [-0.05, 0) is 49.2 Å². The number of H-pyrrole nitrogens is 1. The van der Waals surface area contributed by atoms with Crippen molar-refractivity contribution in [3.05, 3.63) is 54.4 Å². The Morgan fingerprint density at radius 1 is 1.00 bits per heavy atom. The van der Waals surface area contributed by atoms with Crippen LogP contribution in [0.4, 0.5) is 23.1 Å². The largest absolute Gasteiger partial charge is 0.497 e. The molecule has 0 radical (unpaired) electrons. The van der Waals surface area contributed by atoms with Crippen LogP contribution in [0.3, 0.4) is 0 Å². The highest BCUT2D eigenvalue weighted by molar-refractivity contribution is 7.85. The summed E-state index contributed by atoms with van der Waals surface area (Å²) in [5, 5.41) is 14.6. The van der Waals surface area contributed by atoms with Crippen molar-refractivity contribution >= 4 is 50.8 Å². The lowest BCUT2D eigenvalue weighted by Gasteiger charge is -2.29. The second-order valence-electron chi connectivity index (χ2n) is 10.5. The Hall–Kier alpha value is -4.19. The number of rotatable bonds is 8. The number of carbonyl (C=O) groups is 1. The first kappa shape index (κ1) is 29.3. The number of aromatic nitrogens is 4. The molecule has 222 valence electrons. The van der Waals surface area contributed by atoms with Gasteiger partial charge in [-0.25, -0.2) is 9.97 Å². The lowest BCUT2D eigenvalue weighted by molar-refractivity contribution is -0.117. The topological polar surface area (TPSA) is 134 Å². The quantitative estimate of drug-likeness (QED) is 0.263. The Labute approximate surface area is 247 Å². The summed E-state index contributed by atoms with van der Waals surface area (Å²) >= 11 is 0. The van der Waals surface area contributed by atoms with E-state index in [1.54, 1.807) is 14.2 Å². The van der Waals surface area contributed by atoms with Crippen molar-refractivity contribution < 1.29 is 18.5 Å². The number of nitrogens with zero attached hydrogens (tertiary/aromatic N) is 4. The van der Waals surface area contributed by atoms with Gasteiger partial charge in [0.2, 0.25) is 11.7 Å². The van der Waals surface area contributed by atoms with Crippen LogP contribution in [-0.4, -0.2) is 69.1 Å². The van der Waals surface area contributed by atoms with Crippen molar-refractivity contribution in [2.24, 2.45) is 5.92 Å². The molecule has 1 saturated carbocycles. The molecule has 1 amide bonds. The Kier molecular flexibility index (Phi) is 9.21. The molecule has 2 aliphatic rings. The summed E-state index contributed by atoms with van der Waals surface area (Å²) in [4.78, 5) is 23.0. The van der Waals surface area contributed by atoms with Gasteiger partial charge in [0.05, 0.1) is 19.7 Å². The van der Waals surface area contributed by atoms with Gasteiger partial charge in [-0.15, -0.1) is 0 Å². The molecule has 12 heteroatoms. The highest BCUT2D eigenvalue weighted by Crippen LogP contribution is 2.37. The fraction of sp³-hybridized carbons (Fsp3) is 0.400. The third kappa shape index (κ3) is 6.99. The number of fused-ring (bicyclic) bond motifs is 1. The van der Waals surface area contributed by atoms with E-state index < -0.39 is 10.8 Å². The average Bonchev–Trinajstić information content (AvgIpc) is 3.79. The van der Waals surface area contributed by atoms with E-state index in [9.17, 15) is 9.00 Å². The molecule has 0 unspecified atom stereocenters. The number of aromatic amines is 1. The fourth-order valence-corrected chi connectivity index (χ4v) is 5.54. The van der Waals surface area contributed by atoms with Crippen LogP contribution in [0, 0.1) is 5.92 Å². The first-order valence-corrected chi connectivity index (χ1v) is 15.6. The minimum Gasteiger partial charge on any atom is -0.497 e. The molecule has 1 aliphatic heterocycles. The van der Waals surface area contributed by atoms with Crippen LogP contribution in [-0.2, 0) is 15.6 Å². The monoisotopic (exact) mass is 591 g/mol. The Morgan fingerprint density at radius 2 is 1.71 bits per heavy atom. The average molecular weight is 592 g/mol. The van der Waals surface area contributed by atoms with Crippen molar-refractivity contribution in [2.45, 2.75) is 32.6 Å².